The number of hydrogen-bond donors (Lipinski definition) is 0. The van der Waals surface area contributed by atoms with Crippen molar-refractivity contribution in [1.29, 1.82) is 0 Å². The first-order valence-electron chi connectivity index (χ1n) is 9.64. The summed E-state index contributed by atoms with van der Waals surface area (Å²) in [4.78, 5) is 2.76. The molecule has 3 aliphatic rings. The first kappa shape index (κ1) is 15.2. The van der Waals surface area contributed by atoms with Gasteiger partial charge >= 0.3 is 0 Å². The zero-order valence-electron chi connectivity index (χ0n) is 14.7. The van der Waals surface area contributed by atoms with Crippen molar-refractivity contribution in [3.05, 3.63) is 83.4 Å². The average molecular weight is 327 g/mol. The highest BCUT2D eigenvalue weighted by atomic mass is 15.2. The summed E-state index contributed by atoms with van der Waals surface area (Å²) in [5.41, 5.74) is 4.64. The fraction of sp³-hybridized carbons (Fsp3) is 0.333. The van der Waals surface area contributed by atoms with Crippen molar-refractivity contribution in [2.75, 3.05) is 6.54 Å². The summed E-state index contributed by atoms with van der Waals surface area (Å²) in [5, 5.41) is 2.71. The Kier molecular flexibility index (Phi) is 3.83. The van der Waals surface area contributed by atoms with E-state index >= 15 is 0 Å². The lowest BCUT2D eigenvalue weighted by molar-refractivity contribution is 0.0938. The van der Waals surface area contributed by atoms with Crippen LogP contribution in [0.1, 0.15) is 29.5 Å². The molecule has 3 aromatic rings. The van der Waals surface area contributed by atoms with Gasteiger partial charge in [-0.2, -0.15) is 0 Å². The molecule has 0 unspecified atom stereocenters. The van der Waals surface area contributed by atoms with Gasteiger partial charge in [-0.05, 0) is 65.1 Å². The number of nitrogens with zero attached hydrogens (tertiary/aromatic N) is 1. The molecule has 0 saturated carbocycles. The van der Waals surface area contributed by atoms with Gasteiger partial charge in [0.2, 0.25) is 0 Å². The summed E-state index contributed by atoms with van der Waals surface area (Å²) in [7, 11) is 0. The van der Waals surface area contributed by atoms with E-state index in [1.807, 2.05) is 0 Å². The number of fused-ring (bicyclic) bond motifs is 3. The summed E-state index contributed by atoms with van der Waals surface area (Å²) in [6.07, 6.45) is 5.23. The average Bonchev–Trinajstić information content (AvgIpc) is 2.62. The maximum Gasteiger partial charge on any atom is 0.0237 e. The van der Waals surface area contributed by atoms with Gasteiger partial charge in [-0.25, -0.2) is 0 Å². The van der Waals surface area contributed by atoms with Crippen molar-refractivity contribution in [2.45, 2.75) is 38.3 Å². The second-order valence-electron chi connectivity index (χ2n) is 7.89. The molecule has 2 heterocycles. The van der Waals surface area contributed by atoms with E-state index < -0.39 is 0 Å². The van der Waals surface area contributed by atoms with E-state index in [0.29, 0.717) is 6.04 Å². The van der Waals surface area contributed by atoms with Crippen LogP contribution in [-0.4, -0.2) is 17.5 Å². The Hall–Kier alpha value is -2.12. The third-order valence-electron chi connectivity index (χ3n) is 6.20. The predicted octanol–water partition coefficient (Wildman–Crippen LogP) is 5.22. The largest absolute Gasteiger partial charge is 0.296 e. The van der Waals surface area contributed by atoms with Crippen LogP contribution < -0.4 is 0 Å². The normalized spacial score (nSPS) is 23.2. The molecule has 0 amide bonds. The second kappa shape index (κ2) is 6.31. The first-order valence-corrected chi connectivity index (χ1v) is 9.64. The van der Waals surface area contributed by atoms with E-state index in [1.165, 1.54) is 48.6 Å². The van der Waals surface area contributed by atoms with Crippen LogP contribution in [0.3, 0.4) is 0 Å². The highest BCUT2D eigenvalue weighted by Crippen LogP contribution is 2.33. The van der Waals surface area contributed by atoms with Crippen LogP contribution in [0.4, 0.5) is 0 Å². The minimum atomic E-state index is 0.698. The van der Waals surface area contributed by atoms with Gasteiger partial charge in [0.15, 0.2) is 0 Å². The summed E-state index contributed by atoms with van der Waals surface area (Å²) in [6.45, 7) is 2.35. The van der Waals surface area contributed by atoms with Crippen molar-refractivity contribution in [2.24, 2.45) is 5.92 Å². The fourth-order valence-corrected chi connectivity index (χ4v) is 4.87. The molecule has 126 valence electrons. The summed E-state index contributed by atoms with van der Waals surface area (Å²) >= 11 is 0. The molecule has 1 fully saturated rings. The van der Waals surface area contributed by atoms with E-state index in [0.717, 1.165) is 12.5 Å². The molecule has 2 aliphatic heterocycles. The minimum absolute atomic E-state index is 0.698. The molecule has 1 aliphatic carbocycles. The number of piperidine rings is 1. The Morgan fingerprint density at radius 2 is 1.52 bits per heavy atom. The molecule has 0 radical (unpaired) electrons. The highest BCUT2D eigenvalue weighted by Gasteiger charge is 2.31. The maximum absolute atomic E-state index is 2.76. The van der Waals surface area contributed by atoms with Crippen LogP contribution in [-0.2, 0) is 19.4 Å². The Morgan fingerprint density at radius 1 is 0.760 bits per heavy atom. The van der Waals surface area contributed by atoms with Crippen molar-refractivity contribution in [3.8, 4) is 0 Å². The van der Waals surface area contributed by atoms with Crippen molar-refractivity contribution >= 4 is 10.8 Å². The predicted molar refractivity (Wildman–Crippen MR) is 105 cm³/mol. The van der Waals surface area contributed by atoms with Crippen LogP contribution >= 0.6 is 0 Å². The molecule has 0 N–H and O–H groups in total. The zero-order chi connectivity index (χ0) is 16.6. The Morgan fingerprint density at radius 3 is 2.40 bits per heavy atom. The van der Waals surface area contributed by atoms with Crippen LogP contribution in [0.5, 0.6) is 0 Å². The van der Waals surface area contributed by atoms with Crippen LogP contribution in [0.2, 0.25) is 0 Å². The quantitative estimate of drug-likeness (QED) is 0.624. The van der Waals surface area contributed by atoms with Crippen LogP contribution in [0.25, 0.3) is 10.8 Å². The van der Waals surface area contributed by atoms with E-state index in [4.69, 9.17) is 0 Å². The molecule has 0 spiro atoms. The molecule has 1 saturated heterocycles. The highest BCUT2D eigenvalue weighted by molar-refractivity contribution is 5.82. The van der Waals surface area contributed by atoms with E-state index in [9.17, 15) is 0 Å². The number of benzene rings is 3. The van der Waals surface area contributed by atoms with Gasteiger partial charge in [0, 0.05) is 19.1 Å². The third-order valence-corrected chi connectivity index (χ3v) is 6.20. The molecule has 2 atom stereocenters. The minimum Gasteiger partial charge on any atom is -0.296 e. The summed E-state index contributed by atoms with van der Waals surface area (Å²) in [5.74, 6) is 0.818. The van der Waals surface area contributed by atoms with Crippen LogP contribution in [0.15, 0.2) is 66.7 Å². The second-order valence-corrected chi connectivity index (χ2v) is 7.89. The Balaban J connectivity index is 1.42. The molecule has 0 aromatic heterocycles. The monoisotopic (exact) mass is 327 g/mol. The van der Waals surface area contributed by atoms with Crippen molar-refractivity contribution < 1.29 is 0 Å². The maximum atomic E-state index is 2.76. The third kappa shape index (κ3) is 2.98. The topological polar surface area (TPSA) is 3.24 Å². The lowest BCUT2D eigenvalue weighted by atomic mass is 9.80. The van der Waals surface area contributed by atoms with E-state index in [1.54, 1.807) is 11.1 Å². The van der Waals surface area contributed by atoms with Gasteiger partial charge in [-0.1, -0.05) is 60.7 Å². The lowest BCUT2D eigenvalue weighted by Gasteiger charge is -2.42. The lowest BCUT2D eigenvalue weighted by Crippen LogP contribution is -2.46. The van der Waals surface area contributed by atoms with Crippen molar-refractivity contribution in [3.63, 3.8) is 0 Å². The van der Waals surface area contributed by atoms with Crippen molar-refractivity contribution in [1.82, 2.24) is 4.90 Å². The Labute approximate surface area is 150 Å². The van der Waals surface area contributed by atoms with Crippen LogP contribution in [0, 0.1) is 5.92 Å². The number of rotatable bonds is 2. The molecule has 6 rings (SSSR count). The first-order chi connectivity index (χ1) is 12.3. The fourth-order valence-electron chi connectivity index (χ4n) is 4.87. The van der Waals surface area contributed by atoms with Gasteiger partial charge in [0.25, 0.3) is 0 Å². The van der Waals surface area contributed by atoms with Gasteiger partial charge in [-0.15, -0.1) is 0 Å². The molecule has 2 bridgehead atoms. The standard InChI is InChI=1S/C24H25N/c1-2-6-21-13-18(9-11-20(21)5-1)16-25-17-19-10-12-24(25)15-23-8-4-3-7-22(23)14-19/h1-9,11,13,19,24H,10,12,14-17H2/t19-,24+/m0/s1. The summed E-state index contributed by atoms with van der Waals surface area (Å²) < 4.78 is 0. The molecular formula is C24H25N. The molecule has 1 heteroatoms. The Bertz CT molecular complexity index is 897. The summed E-state index contributed by atoms with van der Waals surface area (Å²) in [6, 6.07) is 25.5. The SMILES string of the molecule is c1ccc2c(c1)C[C@@H]1CC[C@H](C2)N(Cc2ccc3ccccc3c2)C1. The molecular weight excluding hydrogens is 302 g/mol. The van der Waals surface area contributed by atoms with Gasteiger partial charge in [0.05, 0.1) is 0 Å². The van der Waals surface area contributed by atoms with E-state index in [2.05, 4.69) is 71.6 Å². The number of hydrogen-bond acceptors (Lipinski definition) is 1. The smallest absolute Gasteiger partial charge is 0.0237 e. The van der Waals surface area contributed by atoms with Gasteiger partial charge in [-0.3, -0.25) is 4.90 Å². The van der Waals surface area contributed by atoms with Gasteiger partial charge in [0.1, 0.15) is 0 Å². The van der Waals surface area contributed by atoms with E-state index in [-0.39, 0.29) is 0 Å². The zero-order valence-corrected chi connectivity index (χ0v) is 14.7. The molecule has 1 nitrogen and oxygen atoms in total. The molecule has 3 aromatic carbocycles. The van der Waals surface area contributed by atoms with Gasteiger partial charge < -0.3 is 0 Å². The molecule has 25 heavy (non-hydrogen) atoms.